The number of allylic oxidation sites excluding steroid dienone is 1. The van der Waals surface area contributed by atoms with E-state index in [9.17, 15) is 9.59 Å². The third-order valence-electron chi connectivity index (χ3n) is 2.37. The van der Waals surface area contributed by atoms with E-state index in [0.29, 0.717) is 0 Å². The first-order chi connectivity index (χ1) is 8.88. The summed E-state index contributed by atoms with van der Waals surface area (Å²) in [5.41, 5.74) is 1.62. The molecule has 0 saturated heterocycles. The molecule has 1 rings (SSSR count). The maximum atomic E-state index is 11.7. The Morgan fingerprint density at radius 3 is 2.63 bits per heavy atom. The van der Waals surface area contributed by atoms with E-state index in [1.165, 1.54) is 6.08 Å². The van der Waals surface area contributed by atoms with Gasteiger partial charge in [0.25, 0.3) is 0 Å². The predicted molar refractivity (Wildman–Crippen MR) is 76.7 cm³/mol. The van der Waals surface area contributed by atoms with Crippen molar-refractivity contribution in [2.45, 2.75) is 26.3 Å². The van der Waals surface area contributed by atoms with Gasteiger partial charge in [0.2, 0.25) is 5.91 Å². The Bertz CT molecular complexity index is 507. The molecular weight excluding hydrogens is 310 g/mol. The Morgan fingerprint density at radius 1 is 1.42 bits per heavy atom. The van der Waals surface area contributed by atoms with E-state index in [1.54, 1.807) is 18.2 Å². The van der Waals surface area contributed by atoms with Crippen molar-refractivity contribution >= 4 is 27.8 Å². The van der Waals surface area contributed by atoms with Crippen LogP contribution in [0.2, 0.25) is 0 Å². The Balaban J connectivity index is 2.92. The normalized spacial score (nSPS) is 11.5. The highest BCUT2D eigenvalue weighted by atomic mass is 79.9. The molecule has 0 aromatic heterocycles. The minimum absolute atomic E-state index is 0.154. The van der Waals surface area contributed by atoms with E-state index in [0.717, 1.165) is 15.6 Å². The lowest BCUT2D eigenvalue weighted by molar-refractivity contribution is -0.137. The summed E-state index contributed by atoms with van der Waals surface area (Å²) >= 11 is 3.33. The number of aliphatic carboxylic acids is 1. The monoisotopic (exact) mass is 325 g/mol. The first-order valence-corrected chi connectivity index (χ1v) is 6.60. The molecule has 0 aliphatic rings. The van der Waals surface area contributed by atoms with E-state index in [1.807, 2.05) is 19.9 Å². The predicted octanol–water partition coefficient (Wildman–Crippen LogP) is 3.05. The molecular formula is C14H16BrNO3. The van der Waals surface area contributed by atoms with E-state index in [-0.39, 0.29) is 12.3 Å². The van der Waals surface area contributed by atoms with Crippen LogP contribution < -0.4 is 5.32 Å². The van der Waals surface area contributed by atoms with E-state index in [4.69, 9.17) is 5.11 Å². The number of carboxylic acid groups (broad SMARTS) is 1. The molecule has 0 aliphatic heterocycles. The summed E-state index contributed by atoms with van der Waals surface area (Å²) in [4.78, 5) is 22.6. The molecule has 102 valence electrons. The lowest BCUT2D eigenvalue weighted by Crippen LogP contribution is -2.28. The van der Waals surface area contributed by atoms with Crippen molar-refractivity contribution in [3.63, 3.8) is 0 Å². The number of hydrogen-bond donors (Lipinski definition) is 2. The Kier molecular flexibility index (Phi) is 5.76. The van der Waals surface area contributed by atoms with Crippen LogP contribution in [0.25, 0.3) is 0 Å². The first-order valence-electron chi connectivity index (χ1n) is 5.81. The molecule has 0 heterocycles. The fourth-order valence-electron chi connectivity index (χ4n) is 1.63. The Labute approximate surface area is 120 Å². The van der Waals surface area contributed by atoms with Gasteiger partial charge in [0.15, 0.2) is 0 Å². The fourth-order valence-corrected chi connectivity index (χ4v) is 2.04. The smallest absolute Gasteiger partial charge is 0.305 e. The molecule has 1 aromatic carbocycles. The number of rotatable bonds is 5. The van der Waals surface area contributed by atoms with Crippen LogP contribution in [-0.4, -0.2) is 17.0 Å². The fraction of sp³-hybridized carbons (Fsp3) is 0.286. The quantitative estimate of drug-likeness (QED) is 0.817. The SMILES string of the molecule is CC(C)=CC(=O)N[C@@H](CC(=O)O)c1cccc(Br)c1. The van der Waals surface area contributed by atoms with Crippen molar-refractivity contribution in [3.8, 4) is 0 Å². The number of amides is 1. The number of benzene rings is 1. The second-order valence-electron chi connectivity index (χ2n) is 4.44. The number of nitrogens with one attached hydrogen (secondary N) is 1. The first kappa shape index (κ1) is 15.4. The second-order valence-corrected chi connectivity index (χ2v) is 5.35. The summed E-state index contributed by atoms with van der Waals surface area (Å²) in [6, 6.07) is 6.70. The molecule has 1 atom stereocenters. The molecule has 5 heteroatoms. The van der Waals surface area contributed by atoms with Crippen molar-refractivity contribution in [3.05, 3.63) is 46.0 Å². The van der Waals surface area contributed by atoms with Gasteiger partial charge in [-0.3, -0.25) is 9.59 Å². The van der Waals surface area contributed by atoms with E-state index in [2.05, 4.69) is 21.2 Å². The zero-order valence-electron chi connectivity index (χ0n) is 10.8. The molecule has 1 aromatic rings. The second kappa shape index (κ2) is 7.09. The zero-order valence-corrected chi connectivity index (χ0v) is 12.4. The molecule has 0 fully saturated rings. The van der Waals surface area contributed by atoms with Crippen LogP contribution in [0.4, 0.5) is 0 Å². The highest BCUT2D eigenvalue weighted by Gasteiger charge is 2.17. The summed E-state index contributed by atoms with van der Waals surface area (Å²) in [5, 5.41) is 11.6. The molecule has 0 saturated carbocycles. The average Bonchev–Trinajstić information content (AvgIpc) is 2.26. The number of carbonyl (C=O) groups is 2. The summed E-state index contributed by atoms with van der Waals surface area (Å²) < 4.78 is 0.844. The van der Waals surface area contributed by atoms with Crippen molar-refractivity contribution in [1.82, 2.24) is 5.32 Å². The summed E-state index contributed by atoms with van der Waals surface area (Å²) in [7, 11) is 0. The molecule has 0 spiro atoms. The average molecular weight is 326 g/mol. The van der Waals surface area contributed by atoms with Crippen molar-refractivity contribution in [2.75, 3.05) is 0 Å². The third kappa shape index (κ3) is 5.70. The van der Waals surface area contributed by atoms with Crippen LogP contribution in [0.1, 0.15) is 31.9 Å². The van der Waals surface area contributed by atoms with Crippen molar-refractivity contribution in [2.24, 2.45) is 0 Å². The van der Waals surface area contributed by atoms with Gasteiger partial charge in [0.05, 0.1) is 12.5 Å². The number of carbonyl (C=O) groups excluding carboxylic acids is 1. The van der Waals surface area contributed by atoms with Gasteiger partial charge in [-0.05, 0) is 31.5 Å². The summed E-state index contributed by atoms with van der Waals surface area (Å²) in [6.45, 7) is 3.62. The van der Waals surface area contributed by atoms with Gasteiger partial charge in [-0.1, -0.05) is 33.6 Å². The maximum Gasteiger partial charge on any atom is 0.305 e. The van der Waals surface area contributed by atoms with Gasteiger partial charge in [-0.2, -0.15) is 0 Å². The molecule has 4 nitrogen and oxygen atoms in total. The Morgan fingerprint density at radius 2 is 2.11 bits per heavy atom. The largest absolute Gasteiger partial charge is 0.481 e. The highest BCUT2D eigenvalue weighted by Crippen LogP contribution is 2.21. The summed E-state index contributed by atoms with van der Waals surface area (Å²) in [6.07, 6.45) is 1.30. The lowest BCUT2D eigenvalue weighted by Gasteiger charge is -2.16. The van der Waals surface area contributed by atoms with Crippen LogP contribution in [0.5, 0.6) is 0 Å². The minimum Gasteiger partial charge on any atom is -0.481 e. The van der Waals surface area contributed by atoms with Crippen molar-refractivity contribution < 1.29 is 14.7 Å². The van der Waals surface area contributed by atoms with Crippen LogP contribution in [-0.2, 0) is 9.59 Å². The zero-order chi connectivity index (χ0) is 14.4. The standard InChI is InChI=1S/C14H16BrNO3/c1-9(2)6-13(17)16-12(8-14(18)19)10-4-3-5-11(15)7-10/h3-7,12H,8H2,1-2H3,(H,16,17)(H,18,19)/t12-/m0/s1. The third-order valence-corrected chi connectivity index (χ3v) is 2.86. The van der Waals surface area contributed by atoms with Crippen LogP contribution in [0, 0.1) is 0 Å². The molecule has 2 N–H and O–H groups in total. The molecule has 19 heavy (non-hydrogen) atoms. The van der Waals surface area contributed by atoms with Gasteiger partial charge in [0, 0.05) is 10.5 Å². The lowest BCUT2D eigenvalue weighted by atomic mass is 10.0. The molecule has 1 amide bonds. The Hall–Kier alpha value is -1.62. The van der Waals surface area contributed by atoms with Gasteiger partial charge in [-0.15, -0.1) is 0 Å². The number of carboxylic acids is 1. The van der Waals surface area contributed by atoms with Crippen LogP contribution in [0.15, 0.2) is 40.4 Å². The van der Waals surface area contributed by atoms with Gasteiger partial charge in [0.1, 0.15) is 0 Å². The molecule has 0 aliphatic carbocycles. The van der Waals surface area contributed by atoms with Crippen LogP contribution in [0.3, 0.4) is 0 Å². The molecule has 0 unspecified atom stereocenters. The van der Waals surface area contributed by atoms with E-state index >= 15 is 0 Å². The van der Waals surface area contributed by atoms with Gasteiger partial charge in [-0.25, -0.2) is 0 Å². The van der Waals surface area contributed by atoms with E-state index < -0.39 is 12.0 Å². The molecule has 0 bridgehead atoms. The number of hydrogen-bond acceptors (Lipinski definition) is 2. The number of halogens is 1. The minimum atomic E-state index is -0.956. The van der Waals surface area contributed by atoms with Crippen molar-refractivity contribution in [1.29, 1.82) is 0 Å². The molecule has 0 radical (unpaired) electrons. The van der Waals surface area contributed by atoms with Crippen LogP contribution >= 0.6 is 15.9 Å². The summed E-state index contributed by atoms with van der Waals surface area (Å²) in [5.74, 6) is -1.24. The van der Waals surface area contributed by atoms with Gasteiger partial charge >= 0.3 is 5.97 Å². The maximum absolute atomic E-state index is 11.7. The highest BCUT2D eigenvalue weighted by molar-refractivity contribution is 9.10. The van der Waals surface area contributed by atoms with Gasteiger partial charge < -0.3 is 10.4 Å². The topological polar surface area (TPSA) is 66.4 Å².